The van der Waals surface area contributed by atoms with Crippen LogP contribution in [-0.2, 0) is 16.1 Å². The normalized spacial score (nSPS) is 10.9. The zero-order valence-corrected chi connectivity index (χ0v) is 12.9. The van der Waals surface area contributed by atoms with Crippen molar-refractivity contribution in [1.82, 2.24) is 0 Å². The molecule has 0 aromatic heterocycles. The molecule has 0 bridgehead atoms. The molecule has 5 heteroatoms. The summed E-state index contributed by atoms with van der Waals surface area (Å²) in [6.07, 6.45) is 1.33. The topological polar surface area (TPSA) is 50.1 Å². The molecular formula is C17H11Cl2NO2. The Hall–Kier alpha value is -2.28. The van der Waals surface area contributed by atoms with Gasteiger partial charge in [-0.3, -0.25) is 0 Å². The molecular weight excluding hydrogens is 321 g/mol. The van der Waals surface area contributed by atoms with Gasteiger partial charge in [0.2, 0.25) is 0 Å². The molecule has 0 amide bonds. The lowest BCUT2D eigenvalue weighted by atomic mass is 10.1. The van der Waals surface area contributed by atoms with Crippen LogP contribution < -0.4 is 0 Å². The van der Waals surface area contributed by atoms with Gasteiger partial charge in [0, 0.05) is 15.6 Å². The number of carbonyl (C=O) groups is 1. The van der Waals surface area contributed by atoms with Crippen LogP contribution in [0.3, 0.4) is 0 Å². The average molecular weight is 332 g/mol. The minimum atomic E-state index is -0.720. The molecule has 0 aliphatic carbocycles. The predicted molar refractivity (Wildman–Crippen MR) is 86.3 cm³/mol. The van der Waals surface area contributed by atoms with Crippen LogP contribution in [0, 0.1) is 11.3 Å². The second kappa shape index (κ2) is 7.65. The van der Waals surface area contributed by atoms with Gasteiger partial charge in [-0.15, -0.1) is 0 Å². The number of benzene rings is 2. The van der Waals surface area contributed by atoms with Crippen LogP contribution in [0.25, 0.3) is 6.08 Å². The van der Waals surface area contributed by atoms with Gasteiger partial charge in [-0.1, -0.05) is 59.6 Å². The zero-order chi connectivity index (χ0) is 15.9. The summed E-state index contributed by atoms with van der Waals surface area (Å²) >= 11 is 12.0. The van der Waals surface area contributed by atoms with Crippen LogP contribution in [0.2, 0.25) is 10.0 Å². The molecule has 0 N–H and O–H groups in total. The minimum absolute atomic E-state index is 0.0922. The van der Waals surface area contributed by atoms with E-state index in [-0.39, 0.29) is 12.2 Å². The second-order valence-electron chi connectivity index (χ2n) is 4.37. The van der Waals surface area contributed by atoms with Gasteiger partial charge in [-0.05, 0) is 23.8 Å². The van der Waals surface area contributed by atoms with E-state index in [4.69, 9.17) is 33.2 Å². The van der Waals surface area contributed by atoms with Gasteiger partial charge >= 0.3 is 5.97 Å². The third-order valence-corrected chi connectivity index (χ3v) is 3.50. The number of nitrogens with zero attached hydrogens (tertiary/aromatic N) is 1. The third-order valence-electron chi connectivity index (χ3n) is 2.84. The molecule has 0 atom stereocenters. The van der Waals surface area contributed by atoms with Crippen LogP contribution in [0.5, 0.6) is 0 Å². The summed E-state index contributed by atoms with van der Waals surface area (Å²) < 4.78 is 5.12. The smallest absolute Gasteiger partial charge is 0.349 e. The second-order valence-corrected chi connectivity index (χ2v) is 5.18. The highest BCUT2D eigenvalue weighted by atomic mass is 35.5. The van der Waals surface area contributed by atoms with Crippen molar-refractivity contribution in [2.24, 2.45) is 0 Å². The summed E-state index contributed by atoms with van der Waals surface area (Å²) in [7, 11) is 0. The number of halogens is 2. The Balaban J connectivity index is 2.16. The number of rotatable bonds is 4. The van der Waals surface area contributed by atoms with Gasteiger partial charge in [0.05, 0.1) is 0 Å². The fourth-order valence-electron chi connectivity index (χ4n) is 1.73. The molecule has 0 radical (unpaired) electrons. The summed E-state index contributed by atoms with van der Waals surface area (Å²) in [5.74, 6) is -0.720. The maximum Gasteiger partial charge on any atom is 0.349 e. The van der Waals surface area contributed by atoms with E-state index in [0.29, 0.717) is 15.6 Å². The number of hydrogen-bond donors (Lipinski definition) is 0. The van der Waals surface area contributed by atoms with Gasteiger partial charge in [-0.2, -0.15) is 5.26 Å². The predicted octanol–water partition coefficient (Wildman–Crippen LogP) is 4.64. The first-order valence-electron chi connectivity index (χ1n) is 6.38. The molecule has 22 heavy (non-hydrogen) atoms. The highest BCUT2D eigenvalue weighted by Crippen LogP contribution is 2.26. The lowest BCUT2D eigenvalue weighted by Crippen LogP contribution is -2.06. The quantitative estimate of drug-likeness (QED) is 0.465. The Morgan fingerprint density at radius 2 is 1.73 bits per heavy atom. The number of nitriles is 1. The largest absolute Gasteiger partial charge is 0.457 e. The summed E-state index contributed by atoms with van der Waals surface area (Å²) in [5.41, 5.74) is 1.09. The number of ether oxygens (including phenoxy) is 1. The van der Waals surface area contributed by atoms with Crippen molar-refractivity contribution in [3.63, 3.8) is 0 Å². The number of carbonyl (C=O) groups excluding carboxylic acids is 1. The number of hydrogen-bond acceptors (Lipinski definition) is 3. The van der Waals surface area contributed by atoms with Crippen molar-refractivity contribution in [3.05, 3.63) is 75.3 Å². The lowest BCUT2D eigenvalue weighted by Gasteiger charge is -2.05. The van der Waals surface area contributed by atoms with E-state index in [1.54, 1.807) is 18.2 Å². The Labute approximate surface area is 138 Å². The summed E-state index contributed by atoms with van der Waals surface area (Å²) in [6, 6.07) is 16.0. The van der Waals surface area contributed by atoms with Crippen molar-refractivity contribution >= 4 is 35.2 Å². The Morgan fingerprint density at radius 3 is 2.32 bits per heavy atom. The first kappa shape index (κ1) is 16.1. The van der Waals surface area contributed by atoms with E-state index in [9.17, 15) is 4.79 Å². The Kier molecular flexibility index (Phi) is 5.60. The lowest BCUT2D eigenvalue weighted by molar-refractivity contribution is -0.139. The van der Waals surface area contributed by atoms with Gasteiger partial charge < -0.3 is 4.74 Å². The van der Waals surface area contributed by atoms with Crippen molar-refractivity contribution in [2.75, 3.05) is 0 Å². The molecule has 2 aromatic carbocycles. The van der Waals surface area contributed by atoms with E-state index in [1.165, 1.54) is 6.08 Å². The molecule has 0 saturated carbocycles. The summed E-state index contributed by atoms with van der Waals surface area (Å²) in [6.45, 7) is 0.0922. The molecule has 110 valence electrons. The number of esters is 1. The highest BCUT2D eigenvalue weighted by molar-refractivity contribution is 6.37. The SMILES string of the molecule is N#C/C(=C\c1c(Cl)cccc1Cl)C(=O)OCc1ccccc1. The zero-order valence-electron chi connectivity index (χ0n) is 11.4. The van der Waals surface area contributed by atoms with Crippen LogP contribution in [-0.4, -0.2) is 5.97 Å². The van der Waals surface area contributed by atoms with Crippen molar-refractivity contribution in [1.29, 1.82) is 5.26 Å². The summed E-state index contributed by atoms with van der Waals surface area (Å²) in [5, 5.41) is 9.85. The molecule has 2 rings (SSSR count). The molecule has 0 fully saturated rings. The summed E-state index contributed by atoms with van der Waals surface area (Å²) in [4.78, 5) is 12.0. The fourth-order valence-corrected chi connectivity index (χ4v) is 2.24. The third kappa shape index (κ3) is 4.11. The van der Waals surface area contributed by atoms with E-state index >= 15 is 0 Å². The molecule has 0 spiro atoms. The van der Waals surface area contributed by atoms with E-state index in [1.807, 2.05) is 36.4 Å². The van der Waals surface area contributed by atoms with Crippen LogP contribution in [0.15, 0.2) is 54.1 Å². The van der Waals surface area contributed by atoms with Crippen LogP contribution in [0.1, 0.15) is 11.1 Å². The Morgan fingerprint density at radius 1 is 1.09 bits per heavy atom. The van der Waals surface area contributed by atoms with Crippen molar-refractivity contribution in [3.8, 4) is 6.07 Å². The van der Waals surface area contributed by atoms with Gasteiger partial charge in [-0.25, -0.2) is 4.79 Å². The fraction of sp³-hybridized carbons (Fsp3) is 0.0588. The first-order chi connectivity index (χ1) is 10.6. The minimum Gasteiger partial charge on any atom is -0.457 e. The molecule has 0 heterocycles. The average Bonchev–Trinajstić information content (AvgIpc) is 2.53. The van der Waals surface area contributed by atoms with E-state index in [2.05, 4.69) is 0 Å². The van der Waals surface area contributed by atoms with Crippen LogP contribution >= 0.6 is 23.2 Å². The monoisotopic (exact) mass is 331 g/mol. The van der Waals surface area contributed by atoms with Crippen molar-refractivity contribution < 1.29 is 9.53 Å². The van der Waals surface area contributed by atoms with Gasteiger partial charge in [0.25, 0.3) is 0 Å². The standard InChI is InChI=1S/C17H11Cl2NO2/c18-15-7-4-8-16(19)14(15)9-13(10-20)17(21)22-11-12-5-2-1-3-6-12/h1-9H,11H2/b13-9+. The molecule has 0 unspecified atom stereocenters. The molecule has 3 nitrogen and oxygen atoms in total. The van der Waals surface area contributed by atoms with E-state index < -0.39 is 5.97 Å². The maximum absolute atomic E-state index is 12.0. The van der Waals surface area contributed by atoms with Gasteiger partial charge in [0.1, 0.15) is 18.2 Å². The molecule has 2 aromatic rings. The van der Waals surface area contributed by atoms with Gasteiger partial charge in [0.15, 0.2) is 0 Å². The highest BCUT2D eigenvalue weighted by Gasteiger charge is 2.13. The molecule has 0 aliphatic rings. The van der Waals surface area contributed by atoms with Crippen molar-refractivity contribution in [2.45, 2.75) is 6.61 Å². The maximum atomic E-state index is 12.0. The molecule has 0 saturated heterocycles. The Bertz CT molecular complexity index is 729. The van der Waals surface area contributed by atoms with Crippen LogP contribution in [0.4, 0.5) is 0 Å². The van der Waals surface area contributed by atoms with E-state index in [0.717, 1.165) is 5.56 Å². The first-order valence-corrected chi connectivity index (χ1v) is 7.14. The molecule has 0 aliphatic heterocycles.